The van der Waals surface area contributed by atoms with E-state index in [0.717, 1.165) is 0 Å². The van der Waals surface area contributed by atoms with Crippen LogP contribution in [0.5, 0.6) is 0 Å². The maximum atomic E-state index is 11.5. The molecule has 0 saturated carbocycles. The van der Waals surface area contributed by atoms with Crippen LogP contribution in [0.2, 0.25) is 10.0 Å². The van der Waals surface area contributed by atoms with Crippen molar-refractivity contribution in [2.75, 3.05) is 11.9 Å². The third-order valence-electron chi connectivity index (χ3n) is 2.02. The van der Waals surface area contributed by atoms with Crippen molar-refractivity contribution in [3.05, 3.63) is 28.2 Å². The normalized spacial score (nSPS) is 10.3. The molecule has 1 amide bonds. The van der Waals surface area contributed by atoms with Gasteiger partial charge in [0.2, 0.25) is 0 Å². The minimum atomic E-state index is -0.451. The van der Waals surface area contributed by atoms with Gasteiger partial charge in [-0.3, -0.25) is 9.59 Å². The van der Waals surface area contributed by atoms with Gasteiger partial charge in [0.05, 0.1) is 16.6 Å². The van der Waals surface area contributed by atoms with Crippen molar-refractivity contribution in [3.8, 4) is 0 Å². The highest BCUT2D eigenvalue weighted by molar-refractivity contribution is 6.36. The van der Waals surface area contributed by atoms with Crippen LogP contribution in [0, 0.1) is 5.92 Å². The summed E-state index contributed by atoms with van der Waals surface area (Å²) in [5.74, 6) is -1.14. The fraction of sp³-hybridized carbons (Fsp3) is 0.333. The molecule has 4 nitrogen and oxygen atoms in total. The number of hydrogen-bond acceptors (Lipinski definition) is 3. The number of rotatable bonds is 4. The van der Waals surface area contributed by atoms with Crippen LogP contribution < -0.4 is 5.32 Å². The number of carbonyl (C=O) groups is 2. The summed E-state index contributed by atoms with van der Waals surface area (Å²) in [5.41, 5.74) is 0.423. The van der Waals surface area contributed by atoms with Crippen molar-refractivity contribution in [2.24, 2.45) is 5.92 Å². The lowest BCUT2D eigenvalue weighted by atomic mass is 10.2. The SMILES string of the molecule is CC(C)C(=O)OCC(=O)Nc1ccc(Cl)cc1Cl. The predicted molar refractivity (Wildman–Crippen MR) is 70.9 cm³/mol. The molecule has 6 heteroatoms. The average Bonchev–Trinajstić information content (AvgIpc) is 2.29. The molecule has 1 aromatic rings. The Morgan fingerprint density at radius 3 is 2.56 bits per heavy atom. The van der Waals surface area contributed by atoms with Gasteiger partial charge in [-0.15, -0.1) is 0 Å². The monoisotopic (exact) mass is 289 g/mol. The van der Waals surface area contributed by atoms with Crippen molar-refractivity contribution >= 4 is 40.8 Å². The van der Waals surface area contributed by atoms with E-state index in [4.69, 9.17) is 27.9 Å². The summed E-state index contributed by atoms with van der Waals surface area (Å²) in [6.45, 7) is 3.04. The Morgan fingerprint density at radius 1 is 1.33 bits per heavy atom. The van der Waals surface area contributed by atoms with Gasteiger partial charge in [0.25, 0.3) is 5.91 Å². The lowest BCUT2D eigenvalue weighted by Gasteiger charge is -2.09. The average molecular weight is 290 g/mol. The van der Waals surface area contributed by atoms with Crippen molar-refractivity contribution in [3.63, 3.8) is 0 Å². The molecule has 0 heterocycles. The molecule has 0 atom stereocenters. The first-order valence-electron chi connectivity index (χ1n) is 5.31. The number of hydrogen-bond donors (Lipinski definition) is 1. The Hall–Kier alpha value is -1.26. The number of amides is 1. The molecule has 0 spiro atoms. The third-order valence-corrected chi connectivity index (χ3v) is 2.57. The molecule has 1 aromatic carbocycles. The largest absolute Gasteiger partial charge is 0.455 e. The van der Waals surface area contributed by atoms with Crippen LogP contribution >= 0.6 is 23.2 Å². The molecule has 98 valence electrons. The Bertz CT molecular complexity index is 461. The highest BCUT2D eigenvalue weighted by Gasteiger charge is 2.12. The Kier molecular flexibility index (Phi) is 5.44. The first-order chi connectivity index (χ1) is 8.40. The van der Waals surface area contributed by atoms with Crippen LogP contribution in [-0.4, -0.2) is 18.5 Å². The van der Waals surface area contributed by atoms with Gasteiger partial charge in [-0.1, -0.05) is 37.0 Å². The molecule has 0 unspecified atom stereocenters. The first kappa shape index (κ1) is 14.8. The number of benzene rings is 1. The van der Waals surface area contributed by atoms with E-state index in [9.17, 15) is 9.59 Å². The van der Waals surface area contributed by atoms with Crippen molar-refractivity contribution in [1.82, 2.24) is 0 Å². The minimum Gasteiger partial charge on any atom is -0.455 e. The van der Waals surface area contributed by atoms with E-state index in [-0.39, 0.29) is 12.5 Å². The van der Waals surface area contributed by atoms with Crippen LogP contribution in [0.25, 0.3) is 0 Å². The summed E-state index contributed by atoms with van der Waals surface area (Å²) in [4.78, 5) is 22.7. The summed E-state index contributed by atoms with van der Waals surface area (Å²) in [6.07, 6.45) is 0. The Morgan fingerprint density at radius 2 is 2.00 bits per heavy atom. The Balaban J connectivity index is 2.52. The van der Waals surface area contributed by atoms with Gasteiger partial charge in [-0.2, -0.15) is 0 Å². The van der Waals surface area contributed by atoms with E-state index < -0.39 is 11.9 Å². The van der Waals surface area contributed by atoms with E-state index in [1.54, 1.807) is 26.0 Å². The van der Waals surface area contributed by atoms with E-state index in [2.05, 4.69) is 5.32 Å². The molecule has 0 radical (unpaired) electrons. The Labute approximate surface area is 115 Å². The van der Waals surface area contributed by atoms with E-state index in [1.807, 2.05) is 0 Å². The quantitative estimate of drug-likeness (QED) is 0.867. The summed E-state index contributed by atoms with van der Waals surface area (Å²) in [6, 6.07) is 4.69. The molecular formula is C12H13Cl2NO3. The zero-order valence-corrected chi connectivity index (χ0v) is 11.5. The second-order valence-electron chi connectivity index (χ2n) is 3.93. The van der Waals surface area contributed by atoms with E-state index in [1.165, 1.54) is 6.07 Å². The maximum absolute atomic E-state index is 11.5. The van der Waals surface area contributed by atoms with Crippen LogP contribution in [0.15, 0.2) is 18.2 Å². The summed E-state index contributed by atoms with van der Waals surface area (Å²) >= 11 is 11.6. The molecular weight excluding hydrogens is 277 g/mol. The summed E-state index contributed by atoms with van der Waals surface area (Å²) in [5, 5.41) is 3.33. The molecule has 0 fully saturated rings. The maximum Gasteiger partial charge on any atom is 0.308 e. The molecule has 1 rings (SSSR count). The lowest BCUT2D eigenvalue weighted by Crippen LogP contribution is -2.22. The molecule has 0 aliphatic rings. The van der Waals surface area contributed by atoms with Gasteiger partial charge in [-0.25, -0.2) is 0 Å². The van der Waals surface area contributed by atoms with Gasteiger partial charge in [-0.05, 0) is 18.2 Å². The number of nitrogens with one attached hydrogen (secondary N) is 1. The van der Waals surface area contributed by atoms with Crippen LogP contribution in [0.1, 0.15) is 13.8 Å². The molecule has 1 N–H and O–H groups in total. The first-order valence-corrected chi connectivity index (χ1v) is 6.07. The number of anilines is 1. The fourth-order valence-electron chi connectivity index (χ4n) is 1.08. The van der Waals surface area contributed by atoms with Gasteiger partial charge in [0.1, 0.15) is 0 Å². The molecule has 18 heavy (non-hydrogen) atoms. The molecule has 0 saturated heterocycles. The van der Waals surface area contributed by atoms with Crippen molar-refractivity contribution in [1.29, 1.82) is 0 Å². The number of esters is 1. The minimum absolute atomic E-state index is 0.267. The zero-order valence-electron chi connectivity index (χ0n) is 10.00. The predicted octanol–water partition coefficient (Wildman–Crippen LogP) is 3.13. The highest BCUT2D eigenvalue weighted by Crippen LogP contribution is 2.25. The second-order valence-corrected chi connectivity index (χ2v) is 4.78. The molecule has 0 aromatic heterocycles. The van der Waals surface area contributed by atoms with Gasteiger partial charge >= 0.3 is 5.97 Å². The third kappa shape index (κ3) is 4.55. The van der Waals surface area contributed by atoms with Crippen molar-refractivity contribution in [2.45, 2.75) is 13.8 Å². The lowest BCUT2D eigenvalue weighted by molar-refractivity contribution is -0.150. The van der Waals surface area contributed by atoms with Crippen LogP contribution in [-0.2, 0) is 14.3 Å². The molecule has 0 bridgehead atoms. The number of ether oxygens (including phenoxy) is 1. The standard InChI is InChI=1S/C12H13Cl2NO3/c1-7(2)12(17)18-6-11(16)15-10-4-3-8(13)5-9(10)14/h3-5,7H,6H2,1-2H3,(H,15,16). The summed E-state index contributed by atoms with van der Waals surface area (Å²) < 4.78 is 4.78. The topological polar surface area (TPSA) is 55.4 Å². The zero-order chi connectivity index (χ0) is 13.7. The van der Waals surface area contributed by atoms with Crippen LogP contribution in [0.3, 0.4) is 0 Å². The van der Waals surface area contributed by atoms with Crippen molar-refractivity contribution < 1.29 is 14.3 Å². The fourth-order valence-corrected chi connectivity index (χ4v) is 1.54. The van der Waals surface area contributed by atoms with E-state index >= 15 is 0 Å². The molecule has 0 aliphatic heterocycles. The highest BCUT2D eigenvalue weighted by atomic mass is 35.5. The molecule has 0 aliphatic carbocycles. The van der Waals surface area contributed by atoms with Gasteiger partial charge < -0.3 is 10.1 Å². The number of halogens is 2. The summed E-state index contributed by atoms with van der Waals surface area (Å²) in [7, 11) is 0. The van der Waals surface area contributed by atoms with E-state index in [0.29, 0.717) is 15.7 Å². The second kappa shape index (κ2) is 6.61. The van der Waals surface area contributed by atoms with Gasteiger partial charge in [0, 0.05) is 5.02 Å². The smallest absolute Gasteiger partial charge is 0.308 e. The van der Waals surface area contributed by atoms with Gasteiger partial charge in [0.15, 0.2) is 6.61 Å². The number of carbonyl (C=O) groups excluding carboxylic acids is 2. The van der Waals surface area contributed by atoms with Crippen LogP contribution in [0.4, 0.5) is 5.69 Å².